The van der Waals surface area contributed by atoms with Crippen LogP contribution in [0.5, 0.6) is 0 Å². The maximum Gasteiger partial charge on any atom is 0.416 e. The molecule has 0 unspecified atom stereocenters. The highest BCUT2D eigenvalue weighted by Gasteiger charge is 2.31. The van der Waals surface area contributed by atoms with E-state index in [1.807, 2.05) is 0 Å². The Morgan fingerprint density at radius 2 is 1.94 bits per heavy atom. The highest BCUT2D eigenvalue weighted by Crippen LogP contribution is 2.31. The van der Waals surface area contributed by atoms with Crippen LogP contribution in [-0.4, -0.2) is 24.9 Å². The molecule has 0 aliphatic heterocycles. The average Bonchev–Trinajstić information content (AvgIpc) is 2.25. The molecule has 0 aliphatic carbocycles. The molecule has 0 radical (unpaired) electrons. The van der Waals surface area contributed by atoms with Crippen LogP contribution in [0.2, 0.25) is 0 Å². The van der Waals surface area contributed by atoms with Gasteiger partial charge in [0, 0.05) is 14.1 Å². The van der Waals surface area contributed by atoms with E-state index in [1.165, 1.54) is 19.0 Å². The van der Waals surface area contributed by atoms with Gasteiger partial charge in [-0.05, 0) is 18.2 Å². The number of nitrogens with zero attached hydrogens (tertiary/aromatic N) is 1. The molecule has 0 fully saturated rings. The van der Waals surface area contributed by atoms with Crippen LogP contribution in [0.15, 0.2) is 18.2 Å². The van der Waals surface area contributed by atoms with Crippen molar-refractivity contribution in [2.24, 2.45) is 5.84 Å². The Balaban J connectivity index is 3.30. The average molecular weight is 247 g/mol. The molecule has 3 N–H and O–H groups in total. The van der Waals surface area contributed by atoms with Crippen LogP contribution in [-0.2, 0) is 6.18 Å². The van der Waals surface area contributed by atoms with Gasteiger partial charge >= 0.3 is 6.18 Å². The summed E-state index contributed by atoms with van der Waals surface area (Å²) in [5.74, 6) is 4.59. The van der Waals surface area contributed by atoms with E-state index in [0.29, 0.717) is 0 Å². The number of nitrogens with two attached hydrogens (primary N) is 1. The van der Waals surface area contributed by atoms with E-state index in [9.17, 15) is 18.0 Å². The Morgan fingerprint density at radius 3 is 2.35 bits per heavy atom. The second kappa shape index (κ2) is 4.62. The summed E-state index contributed by atoms with van der Waals surface area (Å²) in [5.41, 5.74) is 1.34. The van der Waals surface area contributed by atoms with E-state index in [2.05, 4.69) is 5.43 Å². The van der Waals surface area contributed by atoms with Crippen LogP contribution in [0.25, 0.3) is 0 Å². The van der Waals surface area contributed by atoms with Gasteiger partial charge in [-0.3, -0.25) is 10.6 Å². The minimum absolute atomic E-state index is 0.118. The topological polar surface area (TPSA) is 58.4 Å². The molecule has 94 valence electrons. The predicted molar refractivity (Wildman–Crippen MR) is 57.3 cm³/mol. The summed E-state index contributed by atoms with van der Waals surface area (Å²) in [6, 6.07) is 2.76. The van der Waals surface area contributed by atoms with Crippen molar-refractivity contribution in [3.8, 4) is 0 Å². The molecule has 1 aromatic rings. The molecule has 0 bridgehead atoms. The highest BCUT2D eigenvalue weighted by molar-refractivity contribution is 5.99. The largest absolute Gasteiger partial charge is 0.416 e. The minimum atomic E-state index is -4.49. The number of anilines is 1. The van der Waals surface area contributed by atoms with E-state index in [0.717, 1.165) is 18.2 Å². The van der Waals surface area contributed by atoms with E-state index in [-0.39, 0.29) is 11.3 Å². The molecular formula is C10H12F3N3O. The molecule has 0 saturated carbocycles. The SMILES string of the molecule is CN(C)C(=O)c1cc(C(F)(F)F)ccc1NN. The fraction of sp³-hybridized carbons (Fsp3) is 0.300. The maximum absolute atomic E-state index is 12.5. The number of alkyl halides is 3. The van der Waals surface area contributed by atoms with Gasteiger partial charge in [-0.1, -0.05) is 0 Å². The number of carbonyl (C=O) groups is 1. The lowest BCUT2D eigenvalue weighted by Crippen LogP contribution is -2.24. The predicted octanol–water partition coefficient (Wildman–Crippen LogP) is 1.69. The van der Waals surface area contributed by atoms with Gasteiger partial charge < -0.3 is 10.3 Å². The fourth-order valence-electron chi connectivity index (χ4n) is 1.26. The van der Waals surface area contributed by atoms with Gasteiger partial charge in [0.25, 0.3) is 5.91 Å². The molecule has 1 rings (SSSR count). The Morgan fingerprint density at radius 1 is 1.35 bits per heavy atom. The number of nitrogens with one attached hydrogen (secondary N) is 1. The molecule has 7 heteroatoms. The number of nitrogen functional groups attached to an aromatic ring is 1. The summed E-state index contributed by atoms with van der Waals surface area (Å²) >= 11 is 0. The Kier molecular flexibility index (Phi) is 3.62. The number of hydrogen-bond donors (Lipinski definition) is 2. The first-order chi connectivity index (χ1) is 7.77. The lowest BCUT2D eigenvalue weighted by Gasteiger charge is -2.16. The van der Waals surface area contributed by atoms with Gasteiger partial charge in [-0.2, -0.15) is 13.2 Å². The van der Waals surface area contributed by atoms with Gasteiger partial charge in [-0.15, -0.1) is 0 Å². The number of amides is 1. The maximum atomic E-state index is 12.5. The highest BCUT2D eigenvalue weighted by atomic mass is 19.4. The summed E-state index contributed by atoms with van der Waals surface area (Å²) in [7, 11) is 2.89. The summed E-state index contributed by atoms with van der Waals surface area (Å²) < 4.78 is 37.5. The standard InChI is InChI=1S/C10H12F3N3O/c1-16(2)9(17)7-5-6(10(11,12)13)3-4-8(7)15-14/h3-5,15H,14H2,1-2H3. The zero-order valence-electron chi connectivity index (χ0n) is 9.30. The second-order valence-corrected chi connectivity index (χ2v) is 3.60. The van der Waals surface area contributed by atoms with E-state index in [4.69, 9.17) is 5.84 Å². The van der Waals surface area contributed by atoms with Crippen molar-refractivity contribution in [3.05, 3.63) is 29.3 Å². The third-order valence-electron chi connectivity index (χ3n) is 2.14. The molecular weight excluding hydrogens is 235 g/mol. The summed E-state index contributed by atoms with van der Waals surface area (Å²) in [4.78, 5) is 12.8. The normalized spacial score (nSPS) is 11.2. The first kappa shape index (κ1) is 13.3. The smallest absolute Gasteiger partial charge is 0.345 e. The third-order valence-corrected chi connectivity index (χ3v) is 2.14. The van der Waals surface area contributed by atoms with Gasteiger partial charge in [-0.25, -0.2) is 0 Å². The first-order valence-electron chi connectivity index (χ1n) is 4.67. The van der Waals surface area contributed by atoms with Crippen molar-refractivity contribution < 1.29 is 18.0 Å². The molecule has 1 amide bonds. The lowest BCUT2D eigenvalue weighted by atomic mass is 10.1. The van der Waals surface area contributed by atoms with Crippen molar-refractivity contribution >= 4 is 11.6 Å². The van der Waals surface area contributed by atoms with E-state index >= 15 is 0 Å². The van der Waals surface area contributed by atoms with E-state index < -0.39 is 17.6 Å². The Labute approximate surface area is 96.2 Å². The van der Waals surface area contributed by atoms with Crippen molar-refractivity contribution in [1.29, 1.82) is 0 Å². The summed E-state index contributed by atoms with van der Waals surface area (Å²) in [6.07, 6.45) is -4.49. The lowest BCUT2D eigenvalue weighted by molar-refractivity contribution is -0.137. The van der Waals surface area contributed by atoms with Crippen molar-refractivity contribution in [3.63, 3.8) is 0 Å². The zero-order valence-corrected chi connectivity index (χ0v) is 9.30. The molecule has 0 atom stereocenters. The monoisotopic (exact) mass is 247 g/mol. The fourth-order valence-corrected chi connectivity index (χ4v) is 1.26. The van der Waals surface area contributed by atoms with Gasteiger partial charge in [0.2, 0.25) is 0 Å². The first-order valence-corrected chi connectivity index (χ1v) is 4.67. The van der Waals surface area contributed by atoms with Crippen LogP contribution >= 0.6 is 0 Å². The molecule has 4 nitrogen and oxygen atoms in total. The number of benzene rings is 1. The van der Waals surface area contributed by atoms with Crippen molar-refractivity contribution in [2.45, 2.75) is 6.18 Å². The van der Waals surface area contributed by atoms with Gasteiger partial charge in [0.05, 0.1) is 16.8 Å². The van der Waals surface area contributed by atoms with E-state index in [1.54, 1.807) is 0 Å². The number of hydrogen-bond acceptors (Lipinski definition) is 3. The molecule has 17 heavy (non-hydrogen) atoms. The third kappa shape index (κ3) is 2.88. The van der Waals surface area contributed by atoms with Crippen LogP contribution in [0, 0.1) is 0 Å². The minimum Gasteiger partial charge on any atom is -0.345 e. The summed E-state index contributed by atoms with van der Waals surface area (Å²) in [5, 5.41) is 0. The van der Waals surface area contributed by atoms with Crippen LogP contribution < -0.4 is 11.3 Å². The van der Waals surface area contributed by atoms with Crippen LogP contribution in [0.3, 0.4) is 0 Å². The summed E-state index contributed by atoms with van der Waals surface area (Å²) in [6.45, 7) is 0. The number of carbonyl (C=O) groups excluding carboxylic acids is 1. The Bertz CT molecular complexity index is 429. The Hall–Kier alpha value is -1.76. The number of rotatable bonds is 2. The van der Waals surface area contributed by atoms with Crippen LogP contribution in [0.4, 0.5) is 18.9 Å². The molecule has 0 heterocycles. The zero-order chi connectivity index (χ0) is 13.2. The number of halogens is 3. The van der Waals surface area contributed by atoms with Crippen molar-refractivity contribution in [2.75, 3.05) is 19.5 Å². The quantitative estimate of drug-likeness (QED) is 0.617. The number of hydrazine groups is 1. The van der Waals surface area contributed by atoms with Gasteiger partial charge in [0.1, 0.15) is 0 Å². The molecule has 0 saturated heterocycles. The molecule has 0 spiro atoms. The molecule has 0 aromatic heterocycles. The van der Waals surface area contributed by atoms with Crippen LogP contribution in [0.1, 0.15) is 15.9 Å². The van der Waals surface area contributed by atoms with Gasteiger partial charge in [0.15, 0.2) is 0 Å². The van der Waals surface area contributed by atoms with Crippen molar-refractivity contribution in [1.82, 2.24) is 4.90 Å². The molecule has 0 aliphatic rings. The molecule has 1 aromatic carbocycles. The second-order valence-electron chi connectivity index (χ2n) is 3.60.